The number of amides is 1. The number of carbonyl (C=O) groups is 1. The van der Waals surface area contributed by atoms with Crippen LogP contribution in [0.25, 0.3) is 16.5 Å². The van der Waals surface area contributed by atoms with Gasteiger partial charge in [0.2, 0.25) is 5.91 Å². The summed E-state index contributed by atoms with van der Waals surface area (Å²) in [6, 6.07) is 9.39. The topological polar surface area (TPSA) is 48.8 Å². The number of rotatable bonds is 5. The molecule has 1 amide bonds. The van der Waals surface area contributed by atoms with Crippen molar-refractivity contribution in [1.29, 1.82) is 0 Å². The lowest BCUT2D eigenvalue weighted by atomic mass is 9.95. The first-order valence-corrected chi connectivity index (χ1v) is 11.3. The molecule has 0 N–H and O–H groups in total. The molecule has 1 aliphatic carbocycles. The molecule has 1 aromatic heterocycles. The molecule has 1 fully saturated rings. The van der Waals surface area contributed by atoms with Crippen LogP contribution in [0, 0.1) is 0 Å². The Labute approximate surface area is 195 Å². The molecule has 2 aliphatic rings. The molecule has 0 atom stereocenters. The van der Waals surface area contributed by atoms with Gasteiger partial charge in [0.1, 0.15) is 0 Å². The predicted octanol–water partition coefficient (Wildman–Crippen LogP) is 5.33. The van der Waals surface area contributed by atoms with Crippen LogP contribution in [0.5, 0.6) is 0 Å². The summed E-state index contributed by atoms with van der Waals surface area (Å²) in [5, 5.41) is 1.98. The highest BCUT2D eigenvalue weighted by atomic mass is 35.5. The zero-order valence-corrected chi connectivity index (χ0v) is 19.0. The number of nitrogens with zero attached hydrogens (tertiary/aromatic N) is 4. The monoisotopic (exact) mass is 468 g/mol. The Bertz CT molecular complexity index is 1180. The average molecular weight is 469 g/mol. The van der Waals surface area contributed by atoms with E-state index in [4.69, 9.17) is 11.6 Å². The zero-order chi connectivity index (χ0) is 22.7. The van der Waals surface area contributed by atoms with Crippen LogP contribution in [-0.2, 0) is 4.79 Å². The number of piperazine rings is 1. The molecular weight excluding hydrogens is 447 g/mol. The van der Waals surface area contributed by atoms with Crippen molar-refractivity contribution in [3.05, 3.63) is 83.3 Å². The lowest BCUT2D eigenvalue weighted by molar-refractivity contribution is -0.127. The smallest absolute Gasteiger partial charge is 0.246 e. The molecule has 164 valence electrons. The van der Waals surface area contributed by atoms with Gasteiger partial charge in [-0.3, -0.25) is 9.78 Å². The summed E-state index contributed by atoms with van der Waals surface area (Å²) in [5.41, 5.74) is 1.95. The molecule has 0 saturated carbocycles. The summed E-state index contributed by atoms with van der Waals surface area (Å²) in [4.78, 5) is 20.0. The van der Waals surface area contributed by atoms with E-state index in [2.05, 4.69) is 22.5 Å². The van der Waals surface area contributed by atoms with Gasteiger partial charge in [-0.1, -0.05) is 55.1 Å². The van der Waals surface area contributed by atoms with E-state index < -0.39 is 5.83 Å². The second kappa shape index (κ2) is 9.71. The molecule has 8 heteroatoms. The van der Waals surface area contributed by atoms with Crippen LogP contribution in [0.2, 0.25) is 0 Å². The Hall–Kier alpha value is -2.90. The molecule has 1 saturated heterocycles. The van der Waals surface area contributed by atoms with Gasteiger partial charge in [-0.15, -0.1) is 0 Å². The Morgan fingerprint density at radius 3 is 2.66 bits per heavy atom. The van der Waals surface area contributed by atoms with Gasteiger partial charge in [-0.25, -0.2) is 8.79 Å². The molecule has 0 spiro atoms. The molecule has 1 aliphatic heterocycles. The first kappa shape index (κ1) is 22.3. The van der Waals surface area contributed by atoms with E-state index in [-0.39, 0.29) is 5.91 Å². The lowest BCUT2D eigenvalue weighted by Crippen LogP contribution is -2.47. The van der Waals surface area contributed by atoms with E-state index >= 15 is 4.39 Å². The number of aromatic nitrogens is 1. The van der Waals surface area contributed by atoms with Crippen LogP contribution >= 0.6 is 23.5 Å². The van der Waals surface area contributed by atoms with Gasteiger partial charge in [0.25, 0.3) is 0 Å². The SMILES string of the molecule is C=CC(=O)N1CCN(C(=C)S/N=C2\CC=C(Cl)C(c3cccc4cccnc34)=C2F)CC1. The summed E-state index contributed by atoms with van der Waals surface area (Å²) in [6.07, 6.45) is 5.07. The van der Waals surface area contributed by atoms with Crippen LogP contribution in [0.3, 0.4) is 0 Å². The maximum Gasteiger partial charge on any atom is 0.246 e. The highest BCUT2D eigenvalue weighted by Gasteiger charge is 2.25. The van der Waals surface area contributed by atoms with Crippen molar-refractivity contribution in [3.63, 3.8) is 0 Å². The molecule has 0 bridgehead atoms. The second-order valence-corrected chi connectivity index (χ2v) is 8.61. The number of halogens is 2. The normalized spacial score (nSPS) is 18.2. The third kappa shape index (κ3) is 4.49. The van der Waals surface area contributed by atoms with Crippen LogP contribution in [-0.4, -0.2) is 52.6 Å². The van der Waals surface area contributed by atoms with Gasteiger partial charge >= 0.3 is 0 Å². The van der Waals surface area contributed by atoms with E-state index in [0.717, 1.165) is 17.3 Å². The van der Waals surface area contributed by atoms with E-state index in [1.807, 2.05) is 35.2 Å². The molecule has 1 aromatic carbocycles. The fourth-order valence-corrected chi connectivity index (χ4v) is 4.66. The third-order valence-corrected chi connectivity index (χ3v) is 6.59. The summed E-state index contributed by atoms with van der Waals surface area (Å²) in [7, 11) is 0. The number of hydrogen-bond acceptors (Lipinski definition) is 5. The van der Waals surface area contributed by atoms with Crippen LogP contribution in [0.4, 0.5) is 4.39 Å². The zero-order valence-electron chi connectivity index (χ0n) is 17.4. The van der Waals surface area contributed by atoms with Gasteiger partial charge in [0.05, 0.1) is 16.3 Å². The second-order valence-electron chi connectivity index (χ2n) is 7.37. The number of fused-ring (bicyclic) bond motifs is 1. The van der Waals surface area contributed by atoms with Gasteiger partial charge in [-0.2, -0.15) is 0 Å². The van der Waals surface area contributed by atoms with Crippen molar-refractivity contribution in [2.75, 3.05) is 26.2 Å². The third-order valence-electron chi connectivity index (χ3n) is 5.47. The quantitative estimate of drug-likeness (QED) is 0.439. The maximum absolute atomic E-state index is 15.5. The molecule has 0 radical (unpaired) electrons. The minimum absolute atomic E-state index is 0.0725. The molecule has 0 unspecified atom stereocenters. The van der Waals surface area contributed by atoms with Crippen molar-refractivity contribution >= 4 is 51.6 Å². The Kier molecular flexibility index (Phi) is 6.77. The fourth-order valence-electron chi connectivity index (χ4n) is 3.73. The number of benzene rings is 1. The van der Waals surface area contributed by atoms with E-state index in [1.54, 1.807) is 17.2 Å². The van der Waals surface area contributed by atoms with Gasteiger partial charge < -0.3 is 9.80 Å². The van der Waals surface area contributed by atoms with Crippen LogP contribution in [0.15, 0.2) is 82.1 Å². The van der Waals surface area contributed by atoms with Crippen molar-refractivity contribution in [1.82, 2.24) is 14.8 Å². The lowest BCUT2D eigenvalue weighted by Gasteiger charge is -2.35. The van der Waals surface area contributed by atoms with E-state index in [0.29, 0.717) is 65.0 Å². The first-order valence-electron chi connectivity index (χ1n) is 10.2. The average Bonchev–Trinajstić information content (AvgIpc) is 2.83. The van der Waals surface area contributed by atoms with Gasteiger partial charge in [-0.05, 0) is 12.1 Å². The van der Waals surface area contributed by atoms with E-state index in [9.17, 15) is 4.79 Å². The summed E-state index contributed by atoms with van der Waals surface area (Å²) in [5.74, 6) is -0.519. The van der Waals surface area contributed by atoms with Crippen LogP contribution < -0.4 is 0 Å². The van der Waals surface area contributed by atoms with Gasteiger partial charge in [0, 0.05) is 72.3 Å². The predicted molar refractivity (Wildman–Crippen MR) is 131 cm³/mol. The minimum atomic E-state index is -0.447. The van der Waals surface area contributed by atoms with Gasteiger partial charge in [0.15, 0.2) is 5.83 Å². The van der Waals surface area contributed by atoms with E-state index in [1.165, 1.54) is 6.08 Å². The molecule has 5 nitrogen and oxygen atoms in total. The molecule has 32 heavy (non-hydrogen) atoms. The fraction of sp³-hybridized carbons (Fsp3) is 0.208. The number of allylic oxidation sites excluding steroid dienone is 4. The highest BCUT2D eigenvalue weighted by molar-refractivity contribution is 8.01. The molecule has 2 aromatic rings. The minimum Gasteiger partial charge on any atom is -0.362 e. The number of para-hydroxylation sites is 1. The number of hydrogen-bond donors (Lipinski definition) is 0. The Balaban J connectivity index is 1.53. The first-order chi connectivity index (χ1) is 15.5. The molecule has 4 rings (SSSR count). The Morgan fingerprint density at radius 2 is 1.91 bits per heavy atom. The maximum atomic E-state index is 15.5. The van der Waals surface area contributed by atoms with Crippen molar-refractivity contribution in [3.8, 4) is 0 Å². The Morgan fingerprint density at radius 1 is 1.19 bits per heavy atom. The highest BCUT2D eigenvalue weighted by Crippen LogP contribution is 2.38. The van der Waals surface area contributed by atoms with Crippen LogP contribution in [0.1, 0.15) is 12.0 Å². The van der Waals surface area contributed by atoms with Crippen molar-refractivity contribution in [2.45, 2.75) is 6.42 Å². The largest absolute Gasteiger partial charge is 0.362 e. The summed E-state index contributed by atoms with van der Waals surface area (Å²) in [6.45, 7) is 10.1. The molecule has 2 heterocycles. The van der Waals surface area contributed by atoms with Crippen molar-refractivity contribution < 1.29 is 9.18 Å². The standard InChI is InChI=1S/C24H22ClFN4OS/c1-3-21(31)30-14-12-29(13-15-30)16(2)32-28-20-10-9-19(25)22(23(20)26)18-8-4-6-17-7-5-11-27-24(17)18/h3-9,11H,1-2,10,12-15H2/b28-20+. The molecular formula is C24H22ClFN4OS. The summed E-state index contributed by atoms with van der Waals surface area (Å²) >= 11 is 7.57. The summed E-state index contributed by atoms with van der Waals surface area (Å²) < 4.78 is 20.0. The number of carbonyl (C=O) groups excluding carboxylic acids is 1. The number of pyridine rings is 1. The van der Waals surface area contributed by atoms with Crippen molar-refractivity contribution in [2.24, 2.45) is 4.40 Å².